The molecule has 0 atom stereocenters. The average Bonchev–Trinajstić information content (AvgIpc) is 2.59. The minimum atomic E-state index is -3.70. The van der Waals surface area contributed by atoms with Crippen molar-refractivity contribution >= 4 is 33.2 Å². The topological polar surface area (TPSA) is 75.7 Å². The van der Waals surface area contributed by atoms with Gasteiger partial charge >= 0.3 is 0 Å². The molecule has 0 radical (unpaired) electrons. The van der Waals surface area contributed by atoms with Gasteiger partial charge in [0.1, 0.15) is 5.75 Å². The normalized spacial score (nSPS) is 11.2. The summed E-state index contributed by atoms with van der Waals surface area (Å²) in [6, 6.07) is 11.5. The van der Waals surface area contributed by atoms with Crippen molar-refractivity contribution < 1.29 is 17.9 Å². The van der Waals surface area contributed by atoms with Crippen molar-refractivity contribution in [3.05, 3.63) is 53.1 Å². The largest absolute Gasteiger partial charge is 0.496 e. The van der Waals surface area contributed by atoms with Gasteiger partial charge in [0, 0.05) is 20.0 Å². The van der Waals surface area contributed by atoms with E-state index in [1.165, 1.54) is 31.1 Å². The number of hydrogen-bond donors (Lipinski definition) is 1. The number of methoxy groups -OCH3 is 1. The first-order chi connectivity index (χ1) is 12.3. The summed E-state index contributed by atoms with van der Waals surface area (Å²) in [4.78, 5) is 13.5. The lowest BCUT2D eigenvalue weighted by atomic mass is 10.2. The van der Waals surface area contributed by atoms with Crippen LogP contribution >= 0.6 is 11.6 Å². The lowest BCUT2D eigenvalue weighted by Gasteiger charge is -2.22. The molecule has 2 aromatic carbocycles. The predicted octanol–water partition coefficient (Wildman–Crippen LogP) is 2.99. The number of rotatable bonds is 7. The Morgan fingerprint density at radius 3 is 2.50 bits per heavy atom. The van der Waals surface area contributed by atoms with Crippen LogP contribution in [-0.2, 0) is 14.8 Å². The highest BCUT2D eigenvalue weighted by atomic mass is 35.5. The van der Waals surface area contributed by atoms with Crippen molar-refractivity contribution in [3.63, 3.8) is 0 Å². The predicted molar refractivity (Wildman–Crippen MR) is 102 cm³/mol. The van der Waals surface area contributed by atoms with Gasteiger partial charge in [-0.1, -0.05) is 23.7 Å². The van der Waals surface area contributed by atoms with E-state index in [9.17, 15) is 13.2 Å². The zero-order chi connectivity index (χ0) is 19.3. The number of carbonyl (C=O) groups excluding carboxylic acids is 1. The molecule has 26 heavy (non-hydrogen) atoms. The fourth-order valence-corrected chi connectivity index (χ4v) is 3.85. The second-order valence-corrected chi connectivity index (χ2v) is 7.83. The lowest BCUT2D eigenvalue weighted by Crippen LogP contribution is -2.37. The smallest absolute Gasteiger partial charge is 0.240 e. The molecule has 2 rings (SSSR count). The lowest BCUT2D eigenvalue weighted by molar-refractivity contribution is -0.116. The summed E-state index contributed by atoms with van der Waals surface area (Å²) in [6.45, 7) is 3.39. The molecular formula is C18H21ClN2O4S. The molecular weight excluding hydrogens is 376 g/mol. The fourth-order valence-electron chi connectivity index (χ4n) is 2.51. The van der Waals surface area contributed by atoms with Gasteiger partial charge in [-0.3, -0.25) is 4.79 Å². The van der Waals surface area contributed by atoms with Crippen LogP contribution in [0.4, 0.5) is 5.69 Å². The second kappa shape index (κ2) is 8.53. The molecule has 1 amide bonds. The van der Waals surface area contributed by atoms with Crippen LogP contribution in [0.2, 0.25) is 5.02 Å². The Labute approximate surface area is 158 Å². The maximum Gasteiger partial charge on any atom is 0.240 e. The number of hydrogen-bond acceptors (Lipinski definition) is 4. The highest BCUT2D eigenvalue weighted by Gasteiger charge is 2.18. The number of aryl methyl sites for hydroxylation is 1. The van der Waals surface area contributed by atoms with Crippen molar-refractivity contribution in [2.75, 3.05) is 25.1 Å². The van der Waals surface area contributed by atoms with Gasteiger partial charge in [0.05, 0.1) is 22.7 Å². The number of amides is 1. The maximum absolute atomic E-state index is 12.5. The molecule has 8 heteroatoms. The van der Waals surface area contributed by atoms with Crippen LogP contribution < -0.4 is 14.4 Å². The van der Waals surface area contributed by atoms with Gasteiger partial charge in [-0.15, -0.1) is 0 Å². The first kappa shape index (κ1) is 20.2. The van der Waals surface area contributed by atoms with Crippen molar-refractivity contribution in [1.29, 1.82) is 0 Å². The third kappa shape index (κ3) is 4.75. The molecule has 0 heterocycles. The molecule has 0 aliphatic carbocycles. The molecule has 0 aromatic heterocycles. The van der Waals surface area contributed by atoms with E-state index in [2.05, 4.69) is 4.72 Å². The average molecular weight is 397 g/mol. The highest BCUT2D eigenvalue weighted by molar-refractivity contribution is 7.89. The van der Waals surface area contributed by atoms with Crippen LogP contribution in [0.1, 0.15) is 12.5 Å². The molecule has 0 spiro atoms. The SMILES string of the molecule is COc1ccc(S(=O)(=O)NCCN(C(C)=O)c2ccccc2Cl)cc1C. The molecule has 0 aliphatic rings. The molecule has 6 nitrogen and oxygen atoms in total. The van der Waals surface area contributed by atoms with E-state index in [-0.39, 0.29) is 23.9 Å². The van der Waals surface area contributed by atoms with Gasteiger partial charge in [-0.25, -0.2) is 13.1 Å². The molecule has 0 fully saturated rings. The van der Waals surface area contributed by atoms with Crippen LogP contribution in [0, 0.1) is 6.92 Å². The van der Waals surface area contributed by atoms with Crippen molar-refractivity contribution in [3.8, 4) is 5.75 Å². The quantitative estimate of drug-likeness (QED) is 0.780. The Morgan fingerprint density at radius 2 is 1.92 bits per heavy atom. The Morgan fingerprint density at radius 1 is 1.23 bits per heavy atom. The van der Waals surface area contributed by atoms with E-state index in [1.807, 2.05) is 0 Å². The fraction of sp³-hybridized carbons (Fsp3) is 0.278. The summed E-state index contributed by atoms with van der Waals surface area (Å²) in [5, 5.41) is 0.427. The van der Waals surface area contributed by atoms with Gasteiger partial charge in [0.15, 0.2) is 0 Å². The molecule has 0 bridgehead atoms. The molecule has 0 unspecified atom stereocenters. The van der Waals surface area contributed by atoms with E-state index in [0.29, 0.717) is 16.5 Å². The van der Waals surface area contributed by atoms with Crippen LogP contribution in [0.25, 0.3) is 0 Å². The molecule has 140 valence electrons. The third-order valence-electron chi connectivity index (χ3n) is 3.83. The first-order valence-electron chi connectivity index (χ1n) is 7.93. The van der Waals surface area contributed by atoms with Crippen molar-refractivity contribution in [2.45, 2.75) is 18.7 Å². The van der Waals surface area contributed by atoms with Crippen LogP contribution in [0.5, 0.6) is 5.75 Å². The zero-order valence-electron chi connectivity index (χ0n) is 14.8. The number of anilines is 1. The van der Waals surface area contributed by atoms with Crippen LogP contribution in [0.3, 0.4) is 0 Å². The summed E-state index contributed by atoms with van der Waals surface area (Å²) >= 11 is 6.13. The number of para-hydroxylation sites is 1. The minimum absolute atomic E-state index is 0.0538. The summed E-state index contributed by atoms with van der Waals surface area (Å²) in [5.74, 6) is 0.392. The monoisotopic (exact) mass is 396 g/mol. The van der Waals surface area contributed by atoms with Crippen molar-refractivity contribution in [1.82, 2.24) is 4.72 Å². The Bertz CT molecular complexity index is 900. The van der Waals surface area contributed by atoms with Crippen LogP contribution in [0.15, 0.2) is 47.4 Å². The number of nitrogens with zero attached hydrogens (tertiary/aromatic N) is 1. The summed E-state index contributed by atoms with van der Waals surface area (Å²) in [6.07, 6.45) is 0. The van der Waals surface area contributed by atoms with Gasteiger partial charge in [0.2, 0.25) is 15.9 Å². The number of ether oxygens (including phenoxy) is 1. The number of sulfonamides is 1. The van der Waals surface area contributed by atoms with E-state index in [0.717, 1.165) is 5.56 Å². The molecule has 1 N–H and O–H groups in total. The third-order valence-corrected chi connectivity index (χ3v) is 5.61. The zero-order valence-corrected chi connectivity index (χ0v) is 16.4. The summed E-state index contributed by atoms with van der Waals surface area (Å²) < 4.78 is 32.6. The minimum Gasteiger partial charge on any atom is -0.496 e. The summed E-state index contributed by atoms with van der Waals surface area (Å²) in [7, 11) is -2.17. The Hall–Kier alpha value is -2.09. The number of benzene rings is 2. The molecule has 0 saturated carbocycles. The van der Waals surface area contributed by atoms with Crippen LogP contribution in [-0.4, -0.2) is 34.5 Å². The van der Waals surface area contributed by atoms with Gasteiger partial charge in [-0.05, 0) is 42.8 Å². The van der Waals surface area contributed by atoms with Gasteiger partial charge < -0.3 is 9.64 Å². The molecule has 2 aromatic rings. The number of nitrogens with one attached hydrogen (secondary N) is 1. The number of halogens is 1. The van der Waals surface area contributed by atoms with E-state index in [4.69, 9.17) is 16.3 Å². The van der Waals surface area contributed by atoms with E-state index in [1.54, 1.807) is 37.3 Å². The summed E-state index contributed by atoms with van der Waals surface area (Å²) in [5.41, 5.74) is 1.26. The standard InChI is InChI=1S/C18H21ClN2O4S/c1-13-12-15(8-9-18(13)25-3)26(23,24)20-10-11-21(14(2)22)17-7-5-4-6-16(17)19/h4-9,12,20H,10-11H2,1-3H3. The maximum atomic E-state index is 12.5. The van der Waals surface area contributed by atoms with Gasteiger partial charge in [-0.2, -0.15) is 0 Å². The van der Waals surface area contributed by atoms with Crippen molar-refractivity contribution in [2.24, 2.45) is 0 Å². The Balaban J connectivity index is 2.10. The highest BCUT2D eigenvalue weighted by Crippen LogP contribution is 2.25. The van der Waals surface area contributed by atoms with Gasteiger partial charge in [0.25, 0.3) is 0 Å². The first-order valence-corrected chi connectivity index (χ1v) is 9.79. The molecule has 0 saturated heterocycles. The number of carbonyl (C=O) groups is 1. The van der Waals surface area contributed by atoms with E-state index < -0.39 is 10.0 Å². The van der Waals surface area contributed by atoms with E-state index >= 15 is 0 Å². The second-order valence-electron chi connectivity index (χ2n) is 5.65. The molecule has 0 aliphatic heterocycles. The Kier molecular flexibility index (Phi) is 6.63.